The molecular formula is C14H22N2O3S. The molecule has 20 heavy (non-hydrogen) atoms. The van der Waals surface area contributed by atoms with E-state index in [1.54, 1.807) is 31.3 Å². The van der Waals surface area contributed by atoms with E-state index in [1.165, 1.54) is 4.31 Å². The number of ether oxygens (including phenoxy) is 1. The van der Waals surface area contributed by atoms with Crippen LogP contribution in [0.3, 0.4) is 0 Å². The molecule has 0 aromatic heterocycles. The van der Waals surface area contributed by atoms with E-state index >= 15 is 0 Å². The molecule has 5 nitrogen and oxygen atoms in total. The molecule has 1 aromatic carbocycles. The normalized spacial score (nSPS) is 20.2. The fourth-order valence-corrected chi connectivity index (χ4v) is 3.72. The highest BCUT2D eigenvalue weighted by molar-refractivity contribution is 7.88. The van der Waals surface area contributed by atoms with Crippen molar-refractivity contribution < 1.29 is 13.2 Å². The number of para-hydroxylation sites is 1. The lowest BCUT2D eigenvalue weighted by molar-refractivity contribution is 0.0495. The Morgan fingerprint density at radius 1 is 1.40 bits per heavy atom. The second kappa shape index (κ2) is 6.56. The van der Waals surface area contributed by atoms with Gasteiger partial charge in [-0.3, -0.25) is 0 Å². The summed E-state index contributed by atoms with van der Waals surface area (Å²) in [5, 5.41) is 0. The molecule has 2 rings (SSSR count). The molecule has 1 atom stereocenters. The van der Waals surface area contributed by atoms with Gasteiger partial charge in [0, 0.05) is 25.9 Å². The smallest absolute Gasteiger partial charge is 0.218 e. The second-order valence-corrected chi connectivity index (χ2v) is 7.39. The maximum atomic E-state index is 12.4. The number of nitrogens with two attached hydrogens (primary N) is 1. The number of benzene rings is 1. The molecule has 6 heteroatoms. The summed E-state index contributed by atoms with van der Waals surface area (Å²) in [6.07, 6.45) is 2.03. The molecule has 112 valence electrons. The first-order valence-corrected chi connectivity index (χ1v) is 8.45. The highest BCUT2D eigenvalue weighted by atomic mass is 32.2. The number of hydrogen-bond donors (Lipinski definition) is 1. The first-order chi connectivity index (χ1) is 9.49. The van der Waals surface area contributed by atoms with Crippen LogP contribution in [0.2, 0.25) is 0 Å². The molecule has 0 spiro atoms. The third-order valence-corrected chi connectivity index (χ3v) is 5.41. The van der Waals surface area contributed by atoms with Crippen molar-refractivity contribution in [3.63, 3.8) is 0 Å². The van der Waals surface area contributed by atoms with Gasteiger partial charge < -0.3 is 10.5 Å². The summed E-state index contributed by atoms with van der Waals surface area (Å²) in [4.78, 5) is 0. The number of nitrogens with zero attached hydrogens (tertiary/aromatic N) is 1. The molecule has 0 saturated carbocycles. The third kappa shape index (κ3) is 3.94. The molecule has 1 aliphatic heterocycles. The Morgan fingerprint density at radius 2 is 2.15 bits per heavy atom. The minimum atomic E-state index is -3.34. The average molecular weight is 298 g/mol. The van der Waals surface area contributed by atoms with Crippen LogP contribution >= 0.6 is 0 Å². The number of rotatable bonds is 5. The summed E-state index contributed by atoms with van der Waals surface area (Å²) >= 11 is 0. The summed E-state index contributed by atoms with van der Waals surface area (Å²) in [7, 11) is -1.71. The van der Waals surface area contributed by atoms with Gasteiger partial charge >= 0.3 is 0 Å². The van der Waals surface area contributed by atoms with Gasteiger partial charge in [-0.1, -0.05) is 18.2 Å². The Kier molecular flexibility index (Phi) is 5.01. The van der Waals surface area contributed by atoms with E-state index in [9.17, 15) is 8.42 Å². The van der Waals surface area contributed by atoms with Crippen LogP contribution in [0.15, 0.2) is 24.3 Å². The largest absolute Gasteiger partial charge is 0.398 e. The van der Waals surface area contributed by atoms with Crippen LogP contribution in [0, 0.1) is 5.92 Å². The molecule has 1 aliphatic rings. The van der Waals surface area contributed by atoms with E-state index in [0.29, 0.717) is 24.4 Å². The molecule has 0 bridgehead atoms. The molecule has 1 heterocycles. The van der Waals surface area contributed by atoms with E-state index in [2.05, 4.69) is 0 Å². The summed E-state index contributed by atoms with van der Waals surface area (Å²) in [6.45, 7) is 1.94. The maximum Gasteiger partial charge on any atom is 0.218 e. The van der Waals surface area contributed by atoms with Crippen molar-refractivity contribution in [2.75, 3.05) is 32.5 Å². The van der Waals surface area contributed by atoms with E-state index < -0.39 is 10.0 Å². The van der Waals surface area contributed by atoms with Gasteiger partial charge in [-0.05, 0) is 30.4 Å². The van der Waals surface area contributed by atoms with Crippen molar-refractivity contribution in [1.82, 2.24) is 4.31 Å². The lowest BCUT2D eigenvalue weighted by atomic mass is 10.0. The standard InChI is InChI=1S/C14H22N2O3S/c1-16(9-12-5-4-8-19-10-12)20(17,18)11-13-6-2-3-7-14(13)15/h2-3,6-7,12H,4-5,8-11,15H2,1H3. The Labute approximate surface area is 120 Å². The van der Waals surface area contributed by atoms with Gasteiger partial charge in [-0.2, -0.15) is 0 Å². The van der Waals surface area contributed by atoms with Crippen molar-refractivity contribution in [2.45, 2.75) is 18.6 Å². The van der Waals surface area contributed by atoms with Crippen molar-refractivity contribution >= 4 is 15.7 Å². The van der Waals surface area contributed by atoms with Crippen LogP contribution < -0.4 is 5.73 Å². The van der Waals surface area contributed by atoms with Crippen molar-refractivity contribution in [3.05, 3.63) is 29.8 Å². The zero-order valence-electron chi connectivity index (χ0n) is 11.8. The molecule has 1 aromatic rings. The number of anilines is 1. The first-order valence-electron chi connectivity index (χ1n) is 6.84. The van der Waals surface area contributed by atoms with Crippen molar-refractivity contribution in [3.8, 4) is 0 Å². The van der Waals surface area contributed by atoms with E-state index in [-0.39, 0.29) is 11.7 Å². The monoisotopic (exact) mass is 298 g/mol. The number of hydrogen-bond acceptors (Lipinski definition) is 4. The van der Waals surface area contributed by atoms with Crippen LogP contribution in [0.4, 0.5) is 5.69 Å². The van der Waals surface area contributed by atoms with Gasteiger partial charge in [0.1, 0.15) is 0 Å². The van der Waals surface area contributed by atoms with Gasteiger partial charge in [0.25, 0.3) is 0 Å². The van der Waals surface area contributed by atoms with E-state index in [0.717, 1.165) is 19.4 Å². The highest BCUT2D eigenvalue weighted by Crippen LogP contribution is 2.19. The SMILES string of the molecule is CN(CC1CCCOC1)S(=O)(=O)Cc1ccccc1N. The lowest BCUT2D eigenvalue weighted by Gasteiger charge is -2.26. The van der Waals surface area contributed by atoms with Gasteiger partial charge in [-0.25, -0.2) is 12.7 Å². The Bertz CT molecular complexity index is 539. The van der Waals surface area contributed by atoms with Gasteiger partial charge in [0.15, 0.2) is 0 Å². The van der Waals surface area contributed by atoms with Crippen molar-refractivity contribution in [2.24, 2.45) is 5.92 Å². The number of nitrogen functional groups attached to an aromatic ring is 1. The zero-order valence-corrected chi connectivity index (χ0v) is 12.6. The topological polar surface area (TPSA) is 72.6 Å². The van der Waals surface area contributed by atoms with Crippen LogP contribution in [-0.2, 0) is 20.5 Å². The van der Waals surface area contributed by atoms with Crippen LogP contribution in [-0.4, -0.2) is 39.5 Å². The zero-order chi connectivity index (χ0) is 14.6. The molecule has 1 saturated heterocycles. The third-order valence-electron chi connectivity index (χ3n) is 3.64. The van der Waals surface area contributed by atoms with Gasteiger partial charge in [-0.15, -0.1) is 0 Å². The summed E-state index contributed by atoms with van der Waals surface area (Å²) in [5.74, 6) is 0.237. The fraction of sp³-hybridized carbons (Fsp3) is 0.571. The van der Waals surface area contributed by atoms with Gasteiger partial charge in [0.2, 0.25) is 10.0 Å². The summed E-state index contributed by atoms with van der Waals surface area (Å²) in [6, 6.07) is 7.08. The molecule has 2 N–H and O–H groups in total. The van der Waals surface area contributed by atoms with Crippen LogP contribution in [0.5, 0.6) is 0 Å². The molecule has 0 aliphatic carbocycles. The van der Waals surface area contributed by atoms with Crippen molar-refractivity contribution in [1.29, 1.82) is 0 Å². The van der Waals surface area contributed by atoms with Crippen LogP contribution in [0.25, 0.3) is 0 Å². The molecule has 1 unspecified atom stereocenters. The summed E-state index contributed by atoms with van der Waals surface area (Å²) < 4.78 is 31.5. The number of sulfonamides is 1. The average Bonchev–Trinajstić information content (AvgIpc) is 2.42. The minimum absolute atomic E-state index is 0.0518. The Hall–Kier alpha value is -1.11. The lowest BCUT2D eigenvalue weighted by Crippen LogP contribution is -2.35. The van der Waals surface area contributed by atoms with Gasteiger partial charge in [0.05, 0.1) is 12.4 Å². The van der Waals surface area contributed by atoms with Crippen LogP contribution in [0.1, 0.15) is 18.4 Å². The first kappa shape index (κ1) is 15.3. The quantitative estimate of drug-likeness (QED) is 0.835. The summed E-state index contributed by atoms with van der Waals surface area (Å²) in [5.41, 5.74) is 6.98. The van der Waals surface area contributed by atoms with E-state index in [1.807, 2.05) is 0 Å². The second-order valence-electron chi connectivity index (χ2n) is 5.32. The molecule has 0 radical (unpaired) electrons. The predicted octanol–water partition coefficient (Wildman–Crippen LogP) is 1.46. The van der Waals surface area contributed by atoms with E-state index in [4.69, 9.17) is 10.5 Å². The maximum absolute atomic E-state index is 12.4. The highest BCUT2D eigenvalue weighted by Gasteiger charge is 2.24. The molecule has 0 amide bonds. The fourth-order valence-electron chi connectivity index (χ4n) is 2.40. The Morgan fingerprint density at radius 3 is 2.80 bits per heavy atom. The predicted molar refractivity (Wildman–Crippen MR) is 79.7 cm³/mol. The molecule has 1 fully saturated rings. The molecular weight excluding hydrogens is 276 g/mol. The minimum Gasteiger partial charge on any atom is -0.398 e. The Balaban J connectivity index is 2.00.